The Morgan fingerprint density at radius 1 is 1.00 bits per heavy atom. The highest BCUT2D eigenvalue weighted by Crippen LogP contribution is 2.17. The number of nitrogens with one attached hydrogen (secondary N) is 1. The van der Waals surface area contributed by atoms with Crippen LogP contribution in [0.15, 0.2) is 54.1 Å². The summed E-state index contributed by atoms with van der Waals surface area (Å²) in [5.74, 6) is -1.93. The van der Waals surface area contributed by atoms with E-state index in [0.29, 0.717) is 17.0 Å². The van der Waals surface area contributed by atoms with E-state index in [-0.39, 0.29) is 23.7 Å². The number of anilines is 1. The maximum Gasteiger partial charge on any atom is 0.335 e. The fourth-order valence-electron chi connectivity index (χ4n) is 2.09. The third-order valence-electron chi connectivity index (χ3n) is 3.34. The van der Waals surface area contributed by atoms with Gasteiger partial charge in [0.15, 0.2) is 0 Å². The van der Waals surface area contributed by atoms with E-state index in [1.807, 2.05) is 0 Å². The molecule has 1 amide bonds. The lowest BCUT2D eigenvalue weighted by Gasteiger charge is -2.08. The molecule has 3 N–H and O–H groups in total. The Kier molecular flexibility index (Phi) is 6.10. The quantitative estimate of drug-likeness (QED) is 0.658. The second-order valence-corrected chi connectivity index (χ2v) is 5.40. The molecule has 0 heterocycles. The summed E-state index contributed by atoms with van der Waals surface area (Å²) < 4.78 is 5.47. The molecule has 0 aromatic heterocycles. The van der Waals surface area contributed by atoms with Crippen molar-refractivity contribution in [3.05, 3.63) is 65.2 Å². The molecule has 0 bridgehead atoms. The van der Waals surface area contributed by atoms with Gasteiger partial charge in [0.1, 0.15) is 12.4 Å². The lowest BCUT2D eigenvalue weighted by Crippen LogP contribution is -2.10. The van der Waals surface area contributed by atoms with Crippen molar-refractivity contribution in [3.8, 4) is 5.75 Å². The molecule has 0 atom stereocenters. The van der Waals surface area contributed by atoms with E-state index in [9.17, 15) is 19.5 Å². The van der Waals surface area contributed by atoms with Crippen molar-refractivity contribution in [2.45, 2.75) is 6.92 Å². The second-order valence-electron chi connectivity index (χ2n) is 5.40. The van der Waals surface area contributed by atoms with Gasteiger partial charge in [-0.3, -0.25) is 4.79 Å². The van der Waals surface area contributed by atoms with Gasteiger partial charge < -0.3 is 20.3 Å². The molecule has 7 nitrogen and oxygen atoms in total. The molecule has 0 unspecified atom stereocenters. The molecule has 0 saturated carbocycles. The number of ether oxygens (including phenoxy) is 1. The molecule has 0 spiro atoms. The third kappa shape index (κ3) is 5.48. The predicted molar refractivity (Wildman–Crippen MR) is 95.3 cm³/mol. The van der Waals surface area contributed by atoms with Crippen LogP contribution in [0.3, 0.4) is 0 Å². The van der Waals surface area contributed by atoms with Gasteiger partial charge >= 0.3 is 11.9 Å². The first kappa shape index (κ1) is 18.7. The molecule has 0 aliphatic rings. The van der Waals surface area contributed by atoms with E-state index in [1.165, 1.54) is 37.3 Å². The van der Waals surface area contributed by atoms with E-state index >= 15 is 0 Å². The molecule has 7 heteroatoms. The number of amides is 1. The minimum absolute atomic E-state index is 0.0130. The minimum Gasteiger partial charge on any atom is -0.489 e. The lowest BCUT2D eigenvalue weighted by atomic mass is 10.1. The molecular weight excluding hydrogens is 338 g/mol. The van der Waals surface area contributed by atoms with Crippen molar-refractivity contribution in [2.75, 3.05) is 11.9 Å². The van der Waals surface area contributed by atoms with Crippen LogP contribution < -0.4 is 10.1 Å². The number of carboxylic acid groups (broad SMARTS) is 2. The van der Waals surface area contributed by atoms with Crippen LogP contribution in [0.1, 0.15) is 22.8 Å². The third-order valence-corrected chi connectivity index (χ3v) is 3.34. The Morgan fingerprint density at radius 3 is 2.12 bits per heavy atom. The summed E-state index contributed by atoms with van der Waals surface area (Å²) in [5, 5.41) is 20.8. The summed E-state index contributed by atoms with van der Waals surface area (Å²) in [6, 6.07) is 12.4. The number of benzene rings is 2. The van der Waals surface area contributed by atoms with Crippen LogP contribution in [0, 0.1) is 0 Å². The molecule has 0 aliphatic carbocycles. The van der Waals surface area contributed by atoms with Crippen LogP contribution in [0.25, 0.3) is 6.08 Å². The van der Waals surface area contributed by atoms with Gasteiger partial charge in [0.2, 0.25) is 5.91 Å². The van der Waals surface area contributed by atoms with Crippen molar-refractivity contribution in [1.29, 1.82) is 0 Å². The number of aliphatic carboxylic acids is 1. The zero-order valence-corrected chi connectivity index (χ0v) is 13.9. The first-order chi connectivity index (χ1) is 12.3. The van der Waals surface area contributed by atoms with Gasteiger partial charge in [0, 0.05) is 12.6 Å². The van der Waals surface area contributed by atoms with Gasteiger partial charge in [0.05, 0.1) is 11.1 Å². The lowest BCUT2D eigenvalue weighted by molar-refractivity contribution is -0.132. The first-order valence-electron chi connectivity index (χ1n) is 7.63. The Balaban J connectivity index is 2.07. The van der Waals surface area contributed by atoms with Crippen LogP contribution in [0.4, 0.5) is 5.69 Å². The van der Waals surface area contributed by atoms with E-state index in [2.05, 4.69) is 5.32 Å². The number of carboxylic acids is 2. The fraction of sp³-hybridized carbons (Fsp3) is 0.105. The summed E-state index contributed by atoms with van der Waals surface area (Å²) in [4.78, 5) is 33.2. The van der Waals surface area contributed by atoms with Gasteiger partial charge in [-0.15, -0.1) is 0 Å². The Hall–Kier alpha value is -3.61. The van der Waals surface area contributed by atoms with Gasteiger partial charge in [0.25, 0.3) is 0 Å². The molecule has 0 radical (unpaired) electrons. The van der Waals surface area contributed by atoms with Gasteiger partial charge in [-0.25, -0.2) is 9.59 Å². The summed E-state index contributed by atoms with van der Waals surface area (Å²) in [5.41, 5.74) is 1.29. The standard InChI is InChI=1S/C19H17NO6/c1-12(21)20-16-6-8-17(9-7-16)26-11-15(19(24)25)10-13-2-4-14(5-3-13)18(22)23/h2-10H,11H2,1H3,(H,20,21)(H,22,23)(H,24,25). The summed E-state index contributed by atoms with van der Waals surface area (Å²) in [6.45, 7) is 1.23. The minimum atomic E-state index is -1.14. The molecule has 0 aliphatic heterocycles. The molecular formula is C19H17NO6. The average molecular weight is 355 g/mol. The van der Waals surface area contributed by atoms with Gasteiger partial charge in [-0.05, 0) is 48.0 Å². The topological polar surface area (TPSA) is 113 Å². The van der Waals surface area contributed by atoms with Crippen LogP contribution in [-0.2, 0) is 9.59 Å². The largest absolute Gasteiger partial charge is 0.489 e. The summed E-state index contributed by atoms with van der Waals surface area (Å²) >= 11 is 0. The van der Waals surface area contributed by atoms with Gasteiger partial charge in [-0.2, -0.15) is 0 Å². The number of rotatable bonds is 7. The number of carbonyl (C=O) groups is 3. The van der Waals surface area contributed by atoms with Crippen LogP contribution in [-0.4, -0.2) is 34.7 Å². The van der Waals surface area contributed by atoms with Crippen molar-refractivity contribution in [3.63, 3.8) is 0 Å². The molecule has 2 aromatic rings. The average Bonchev–Trinajstić information content (AvgIpc) is 2.59. The monoisotopic (exact) mass is 355 g/mol. The van der Waals surface area contributed by atoms with Crippen molar-refractivity contribution in [2.24, 2.45) is 0 Å². The van der Waals surface area contributed by atoms with Crippen molar-refractivity contribution < 1.29 is 29.3 Å². The van der Waals surface area contributed by atoms with E-state index in [0.717, 1.165) is 0 Å². The normalized spacial score (nSPS) is 10.9. The maximum atomic E-state index is 11.4. The van der Waals surface area contributed by atoms with E-state index in [1.54, 1.807) is 24.3 Å². The summed E-state index contributed by atoms with van der Waals surface area (Å²) in [6.07, 6.45) is 1.42. The predicted octanol–water partition coefficient (Wildman–Crippen LogP) is 2.89. The van der Waals surface area contributed by atoms with Crippen LogP contribution >= 0.6 is 0 Å². The number of aromatic carboxylic acids is 1. The highest BCUT2D eigenvalue weighted by Gasteiger charge is 2.09. The van der Waals surface area contributed by atoms with E-state index in [4.69, 9.17) is 9.84 Å². The van der Waals surface area contributed by atoms with Gasteiger partial charge in [-0.1, -0.05) is 12.1 Å². The Labute approximate surface area is 149 Å². The molecule has 0 saturated heterocycles. The molecule has 134 valence electrons. The van der Waals surface area contributed by atoms with Crippen LogP contribution in [0.5, 0.6) is 5.75 Å². The highest BCUT2D eigenvalue weighted by molar-refractivity contribution is 5.93. The smallest absolute Gasteiger partial charge is 0.335 e. The number of hydrogen-bond acceptors (Lipinski definition) is 4. The van der Waals surface area contributed by atoms with Crippen molar-refractivity contribution >= 4 is 29.6 Å². The molecule has 0 fully saturated rings. The van der Waals surface area contributed by atoms with Crippen molar-refractivity contribution in [1.82, 2.24) is 0 Å². The molecule has 26 heavy (non-hydrogen) atoms. The zero-order chi connectivity index (χ0) is 19.1. The Morgan fingerprint density at radius 2 is 1.62 bits per heavy atom. The number of carbonyl (C=O) groups excluding carboxylic acids is 1. The summed E-state index contributed by atoms with van der Waals surface area (Å²) in [7, 11) is 0. The SMILES string of the molecule is CC(=O)Nc1ccc(OCC(=Cc2ccc(C(=O)O)cc2)C(=O)O)cc1. The zero-order valence-electron chi connectivity index (χ0n) is 13.9. The first-order valence-corrected chi connectivity index (χ1v) is 7.63. The molecule has 2 aromatic carbocycles. The second kappa shape index (κ2) is 8.48. The van der Waals surface area contributed by atoms with E-state index < -0.39 is 11.9 Å². The molecule has 2 rings (SSSR count). The Bertz CT molecular complexity index is 837. The fourth-order valence-corrected chi connectivity index (χ4v) is 2.09. The number of hydrogen-bond donors (Lipinski definition) is 3. The van der Waals surface area contributed by atoms with Crippen LogP contribution in [0.2, 0.25) is 0 Å². The maximum absolute atomic E-state index is 11.4. The highest BCUT2D eigenvalue weighted by atomic mass is 16.5.